The summed E-state index contributed by atoms with van der Waals surface area (Å²) in [5.74, 6) is -3.35. The third-order valence-corrected chi connectivity index (χ3v) is 5.56. The van der Waals surface area contributed by atoms with Crippen LogP contribution in [0, 0.1) is 11.8 Å². The molecule has 0 saturated heterocycles. The normalized spacial score (nSPS) is 12.6. The molecule has 11 heteroatoms. The zero-order valence-corrected chi connectivity index (χ0v) is 25.9. The molecule has 2 rings (SSSR count). The van der Waals surface area contributed by atoms with Gasteiger partial charge >= 0.3 is 30.0 Å². The van der Waals surface area contributed by atoms with Crippen molar-refractivity contribution in [2.45, 2.75) is 79.6 Å². The number of hydrogen-bond donors (Lipinski definition) is 1. The van der Waals surface area contributed by atoms with E-state index < -0.39 is 59.6 Å². The minimum atomic E-state index is -1.24. The molecule has 0 bridgehead atoms. The van der Waals surface area contributed by atoms with Crippen LogP contribution in [0.1, 0.15) is 71.3 Å². The molecular weight excluding hydrogens is 558 g/mol. The molecule has 0 heterocycles. The summed E-state index contributed by atoms with van der Waals surface area (Å²) >= 11 is 0. The second-order valence-electron chi connectivity index (χ2n) is 11.5. The third-order valence-electron chi connectivity index (χ3n) is 5.56. The molecule has 0 aromatic heterocycles. The average molecular weight is 600 g/mol. The van der Waals surface area contributed by atoms with Gasteiger partial charge in [0.2, 0.25) is 0 Å². The van der Waals surface area contributed by atoms with Crippen molar-refractivity contribution in [3.05, 3.63) is 59.7 Å². The summed E-state index contributed by atoms with van der Waals surface area (Å²) in [7, 11) is 0. The van der Waals surface area contributed by atoms with Crippen molar-refractivity contribution >= 4 is 30.0 Å². The van der Waals surface area contributed by atoms with E-state index >= 15 is 0 Å². The van der Waals surface area contributed by atoms with E-state index in [1.54, 1.807) is 91.8 Å². The van der Waals surface area contributed by atoms with Crippen LogP contribution in [0.4, 0.5) is 4.79 Å². The standard InChI is InChI=1S/C32H41NO10/c1-19(2)27(34)41-25-15-14-22(17-26(25)42-28(35)20(3)4)16-24(33-31(38)43-32(6,7)8)30(37)40-21(5)18-39-29(36)23-12-10-9-11-13-23/h9-15,17,19-21,24H,16,18H2,1-8H3,(H,33,38)/t21-,24+/m1/s1. The van der Waals surface area contributed by atoms with Gasteiger partial charge in [-0.3, -0.25) is 9.59 Å². The number of ether oxygens (including phenoxy) is 5. The number of esters is 4. The van der Waals surface area contributed by atoms with E-state index in [4.69, 9.17) is 23.7 Å². The van der Waals surface area contributed by atoms with Crippen LogP contribution in [-0.4, -0.2) is 54.3 Å². The molecule has 234 valence electrons. The van der Waals surface area contributed by atoms with Crippen LogP contribution < -0.4 is 14.8 Å². The molecule has 0 aliphatic rings. The van der Waals surface area contributed by atoms with Gasteiger partial charge in [-0.2, -0.15) is 0 Å². The summed E-state index contributed by atoms with van der Waals surface area (Å²) in [5.41, 5.74) is -0.0310. The lowest BCUT2D eigenvalue weighted by Gasteiger charge is -2.24. The van der Waals surface area contributed by atoms with Gasteiger partial charge in [-0.1, -0.05) is 52.0 Å². The number of nitrogens with one attached hydrogen (secondary N) is 1. The van der Waals surface area contributed by atoms with E-state index in [9.17, 15) is 24.0 Å². The number of rotatable bonds is 12. The number of hydrogen-bond acceptors (Lipinski definition) is 10. The SMILES string of the molecule is CC(C)C(=O)Oc1ccc(C[C@H](NC(=O)OC(C)(C)C)C(=O)O[C@H](C)COC(=O)c2ccccc2)cc1OC(=O)C(C)C. The number of benzene rings is 2. The lowest BCUT2D eigenvalue weighted by atomic mass is 10.0. The third kappa shape index (κ3) is 12.2. The van der Waals surface area contributed by atoms with E-state index in [-0.39, 0.29) is 24.5 Å². The lowest BCUT2D eigenvalue weighted by Crippen LogP contribution is -2.46. The quantitative estimate of drug-likeness (QED) is 0.200. The van der Waals surface area contributed by atoms with Crippen molar-refractivity contribution < 1.29 is 47.7 Å². The van der Waals surface area contributed by atoms with Gasteiger partial charge < -0.3 is 29.0 Å². The molecule has 0 spiro atoms. The number of amides is 1. The number of carbonyl (C=O) groups excluding carboxylic acids is 5. The van der Waals surface area contributed by atoms with Gasteiger partial charge in [0.25, 0.3) is 0 Å². The monoisotopic (exact) mass is 599 g/mol. The first-order valence-corrected chi connectivity index (χ1v) is 14.0. The van der Waals surface area contributed by atoms with Gasteiger partial charge in [-0.15, -0.1) is 0 Å². The molecule has 43 heavy (non-hydrogen) atoms. The fourth-order valence-corrected chi connectivity index (χ4v) is 3.34. The molecule has 0 fully saturated rings. The second kappa shape index (κ2) is 15.7. The zero-order chi connectivity index (χ0) is 32.3. The maximum atomic E-state index is 13.2. The highest BCUT2D eigenvalue weighted by Crippen LogP contribution is 2.30. The summed E-state index contributed by atoms with van der Waals surface area (Å²) in [6.45, 7) is 13.0. The zero-order valence-electron chi connectivity index (χ0n) is 25.9. The van der Waals surface area contributed by atoms with E-state index in [1.165, 1.54) is 12.1 Å². The largest absolute Gasteiger partial charge is 0.458 e. The van der Waals surface area contributed by atoms with E-state index in [1.807, 2.05) is 0 Å². The van der Waals surface area contributed by atoms with Gasteiger partial charge in [-0.05, 0) is 57.5 Å². The molecule has 0 unspecified atom stereocenters. The van der Waals surface area contributed by atoms with Gasteiger partial charge in [0.1, 0.15) is 24.4 Å². The molecule has 0 aliphatic carbocycles. The molecule has 2 atom stereocenters. The topological polar surface area (TPSA) is 144 Å². The molecule has 0 radical (unpaired) electrons. The molecule has 0 saturated carbocycles. The Morgan fingerprint density at radius 1 is 0.767 bits per heavy atom. The molecule has 1 N–H and O–H groups in total. The number of alkyl carbamates (subject to hydrolysis) is 1. The van der Waals surface area contributed by atoms with Crippen molar-refractivity contribution in [3.63, 3.8) is 0 Å². The average Bonchev–Trinajstić information content (AvgIpc) is 2.91. The smallest absolute Gasteiger partial charge is 0.408 e. The Morgan fingerprint density at radius 2 is 1.35 bits per heavy atom. The van der Waals surface area contributed by atoms with Crippen LogP contribution in [0.2, 0.25) is 0 Å². The Morgan fingerprint density at radius 3 is 1.91 bits per heavy atom. The highest BCUT2D eigenvalue weighted by molar-refractivity contribution is 5.89. The van der Waals surface area contributed by atoms with Crippen molar-refractivity contribution in [2.24, 2.45) is 11.8 Å². The Kier molecular flexibility index (Phi) is 12.7. The van der Waals surface area contributed by atoms with Crippen LogP contribution in [-0.2, 0) is 35.0 Å². The van der Waals surface area contributed by atoms with Gasteiger partial charge in [0.15, 0.2) is 11.5 Å². The Balaban J connectivity index is 2.26. The minimum Gasteiger partial charge on any atom is -0.458 e. The number of carbonyl (C=O) groups is 5. The molecule has 11 nitrogen and oxygen atoms in total. The first-order chi connectivity index (χ1) is 20.1. The summed E-state index contributed by atoms with van der Waals surface area (Å²) in [5, 5.41) is 2.52. The fourth-order valence-electron chi connectivity index (χ4n) is 3.34. The summed E-state index contributed by atoms with van der Waals surface area (Å²) < 4.78 is 26.9. The summed E-state index contributed by atoms with van der Waals surface area (Å²) in [6.07, 6.45) is -1.80. The van der Waals surface area contributed by atoms with E-state index in [2.05, 4.69) is 5.32 Å². The van der Waals surface area contributed by atoms with Gasteiger partial charge in [-0.25, -0.2) is 14.4 Å². The maximum absolute atomic E-state index is 13.2. The van der Waals surface area contributed by atoms with Crippen molar-refractivity contribution in [1.29, 1.82) is 0 Å². The highest BCUT2D eigenvalue weighted by atomic mass is 16.6. The van der Waals surface area contributed by atoms with Crippen LogP contribution >= 0.6 is 0 Å². The molecule has 1 amide bonds. The minimum absolute atomic E-state index is 0.0178. The Hall–Kier alpha value is -4.41. The van der Waals surface area contributed by atoms with Crippen molar-refractivity contribution in [1.82, 2.24) is 5.32 Å². The van der Waals surface area contributed by atoms with Gasteiger partial charge in [0, 0.05) is 6.42 Å². The molecule has 2 aromatic carbocycles. The lowest BCUT2D eigenvalue weighted by molar-refractivity contribution is -0.152. The second-order valence-corrected chi connectivity index (χ2v) is 11.5. The van der Waals surface area contributed by atoms with Crippen LogP contribution in [0.3, 0.4) is 0 Å². The first-order valence-electron chi connectivity index (χ1n) is 14.0. The maximum Gasteiger partial charge on any atom is 0.408 e. The fraction of sp³-hybridized carbons (Fsp3) is 0.469. The Labute approximate surface area is 252 Å². The van der Waals surface area contributed by atoms with Crippen LogP contribution in [0.25, 0.3) is 0 Å². The predicted molar refractivity (Wildman–Crippen MR) is 157 cm³/mol. The van der Waals surface area contributed by atoms with Crippen LogP contribution in [0.5, 0.6) is 11.5 Å². The molecule has 0 aliphatic heterocycles. The van der Waals surface area contributed by atoms with E-state index in [0.29, 0.717) is 11.1 Å². The van der Waals surface area contributed by atoms with Crippen molar-refractivity contribution in [2.75, 3.05) is 6.61 Å². The van der Waals surface area contributed by atoms with Crippen molar-refractivity contribution in [3.8, 4) is 11.5 Å². The van der Waals surface area contributed by atoms with Crippen LogP contribution in [0.15, 0.2) is 48.5 Å². The predicted octanol–water partition coefficient (Wildman–Crippen LogP) is 5.03. The molecule has 2 aromatic rings. The first kappa shape index (κ1) is 34.8. The highest BCUT2D eigenvalue weighted by Gasteiger charge is 2.28. The molecular formula is C32H41NO10. The van der Waals surface area contributed by atoms with Gasteiger partial charge in [0.05, 0.1) is 17.4 Å². The Bertz CT molecular complexity index is 1280. The van der Waals surface area contributed by atoms with E-state index in [0.717, 1.165) is 0 Å². The summed E-state index contributed by atoms with van der Waals surface area (Å²) in [4.78, 5) is 62.7. The summed E-state index contributed by atoms with van der Waals surface area (Å²) in [6, 6.07) is 11.6.